The van der Waals surface area contributed by atoms with Gasteiger partial charge in [-0.2, -0.15) is 0 Å². The van der Waals surface area contributed by atoms with Gasteiger partial charge in [-0.05, 0) is 81.2 Å². The van der Waals surface area contributed by atoms with Crippen molar-refractivity contribution in [1.82, 2.24) is 4.90 Å². The number of hydrogen-bond acceptors (Lipinski definition) is 5. The van der Waals surface area contributed by atoms with Crippen LogP contribution in [-0.4, -0.2) is 49.6 Å². The Balaban J connectivity index is 1.29. The first-order valence-electron chi connectivity index (χ1n) is 12.9. The molecular weight excluding hydrogens is 464 g/mol. The summed E-state index contributed by atoms with van der Waals surface area (Å²) in [5.74, 6) is 0.387. The van der Waals surface area contributed by atoms with Gasteiger partial charge in [0, 0.05) is 24.2 Å². The third-order valence-corrected chi connectivity index (χ3v) is 7.74. The van der Waals surface area contributed by atoms with E-state index >= 15 is 0 Å². The summed E-state index contributed by atoms with van der Waals surface area (Å²) in [6.07, 6.45) is 1.41. The maximum Gasteiger partial charge on any atom is 0.337 e. The van der Waals surface area contributed by atoms with Crippen LogP contribution in [0.3, 0.4) is 0 Å². The largest absolute Gasteiger partial charge is 0.481 e. The minimum absolute atomic E-state index is 0.000966. The summed E-state index contributed by atoms with van der Waals surface area (Å²) in [7, 11) is 1.40. The molecule has 2 aliphatic rings. The first-order chi connectivity index (χ1) is 17.9. The summed E-state index contributed by atoms with van der Waals surface area (Å²) >= 11 is 0. The Morgan fingerprint density at radius 3 is 2.35 bits per heavy atom. The summed E-state index contributed by atoms with van der Waals surface area (Å²) in [6, 6.07) is 23.6. The maximum absolute atomic E-state index is 13.6. The monoisotopic (exact) mass is 498 g/mol. The number of esters is 1. The van der Waals surface area contributed by atoms with Crippen LogP contribution >= 0.6 is 0 Å². The summed E-state index contributed by atoms with van der Waals surface area (Å²) in [6.45, 7) is 7.38. The van der Waals surface area contributed by atoms with E-state index in [4.69, 9.17) is 9.47 Å². The van der Waals surface area contributed by atoms with Crippen LogP contribution < -0.4 is 9.64 Å². The molecule has 6 heteroatoms. The molecule has 2 heterocycles. The predicted octanol–water partition coefficient (Wildman–Crippen LogP) is 5.13. The van der Waals surface area contributed by atoms with E-state index in [9.17, 15) is 9.59 Å². The standard InChI is InChI=1S/C31H34N2O4/c1-22-9-14-28-27(19-22)31(21-33(28)29(34)23(2)37-26-7-5-4-6-8-26)15-17-32(18-16-31)20-24-10-12-25(13-11-24)30(35)36-3/h4-14,19,23H,15-18,20-21H2,1-3H3. The van der Waals surface area contributed by atoms with Gasteiger partial charge in [0.15, 0.2) is 6.10 Å². The summed E-state index contributed by atoms with van der Waals surface area (Å²) in [5, 5.41) is 0. The Labute approximate surface area is 218 Å². The van der Waals surface area contributed by atoms with E-state index in [1.165, 1.54) is 23.8 Å². The van der Waals surface area contributed by atoms with Crippen LogP contribution in [0, 0.1) is 6.92 Å². The van der Waals surface area contributed by atoms with Gasteiger partial charge in [-0.15, -0.1) is 0 Å². The minimum atomic E-state index is -0.570. The minimum Gasteiger partial charge on any atom is -0.481 e. The van der Waals surface area contributed by atoms with Crippen LogP contribution in [0.1, 0.15) is 46.8 Å². The molecule has 0 radical (unpaired) electrons. The number of fused-ring (bicyclic) bond motifs is 2. The molecule has 2 aliphatic heterocycles. The molecule has 6 nitrogen and oxygen atoms in total. The van der Waals surface area contributed by atoms with Crippen LogP contribution in [0.4, 0.5) is 5.69 Å². The third-order valence-electron chi connectivity index (χ3n) is 7.74. The second kappa shape index (κ2) is 10.4. The Kier molecular flexibility index (Phi) is 7.02. The first kappa shape index (κ1) is 25.0. The smallest absolute Gasteiger partial charge is 0.337 e. The van der Waals surface area contributed by atoms with Gasteiger partial charge in [-0.1, -0.05) is 48.0 Å². The van der Waals surface area contributed by atoms with Crippen LogP contribution in [-0.2, 0) is 21.5 Å². The molecule has 0 N–H and O–H groups in total. The zero-order valence-electron chi connectivity index (χ0n) is 21.8. The number of aryl methyl sites for hydroxylation is 1. The molecule has 1 amide bonds. The highest BCUT2D eigenvalue weighted by Gasteiger charge is 2.47. The van der Waals surface area contributed by atoms with E-state index in [0.29, 0.717) is 17.9 Å². The van der Waals surface area contributed by atoms with Crippen molar-refractivity contribution in [2.24, 2.45) is 0 Å². The number of likely N-dealkylation sites (tertiary alicyclic amines) is 1. The molecule has 1 atom stereocenters. The number of carbonyl (C=O) groups is 2. The number of piperidine rings is 1. The molecule has 3 aromatic carbocycles. The average Bonchev–Trinajstić information content (AvgIpc) is 3.23. The molecule has 1 spiro atoms. The van der Waals surface area contributed by atoms with Gasteiger partial charge in [0.1, 0.15) is 5.75 Å². The molecule has 1 saturated heterocycles. The normalized spacial score (nSPS) is 17.3. The van der Waals surface area contributed by atoms with Crippen molar-refractivity contribution < 1.29 is 19.1 Å². The highest BCUT2D eigenvalue weighted by Crippen LogP contribution is 2.47. The molecule has 37 heavy (non-hydrogen) atoms. The van der Waals surface area contributed by atoms with Crippen molar-refractivity contribution >= 4 is 17.6 Å². The molecule has 192 valence electrons. The van der Waals surface area contributed by atoms with E-state index < -0.39 is 6.10 Å². The van der Waals surface area contributed by atoms with E-state index in [1.54, 1.807) is 0 Å². The number of benzene rings is 3. The molecule has 0 aromatic heterocycles. The molecule has 5 rings (SSSR count). The van der Waals surface area contributed by atoms with Crippen molar-refractivity contribution in [3.05, 3.63) is 95.1 Å². The quantitative estimate of drug-likeness (QED) is 0.441. The number of nitrogens with zero attached hydrogens (tertiary/aromatic N) is 2. The second-order valence-corrected chi connectivity index (χ2v) is 10.3. The fourth-order valence-electron chi connectivity index (χ4n) is 5.64. The van der Waals surface area contributed by atoms with Gasteiger partial charge < -0.3 is 14.4 Å². The fourth-order valence-corrected chi connectivity index (χ4v) is 5.64. The molecular formula is C31H34N2O4. The lowest BCUT2D eigenvalue weighted by atomic mass is 9.74. The maximum atomic E-state index is 13.6. The van der Waals surface area contributed by atoms with Gasteiger partial charge >= 0.3 is 5.97 Å². The average molecular weight is 499 g/mol. The van der Waals surface area contributed by atoms with Crippen molar-refractivity contribution in [3.63, 3.8) is 0 Å². The summed E-state index contributed by atoms with van der Waals surface area (Å²) in [5.41, 5.74) is 5.22. The number of para-hydroxylation sites is 1. The van der Waals surface area contributed by atoms with E-state index in [1.807, 2.05) is 66.4 Å². The van der Waals surface area contributed by atoms with E-state index in [0.717, 1.165) is 38.2 Å². The first-order valence-corrected chi connectivity index (χ1v) is 12.9. The van der Waals surface area contributed by atoms with Crippen molar-refractivity contribution in [2.45, 2.75) is 44.8 Å². The summed E-state index contributed by atoms with van der Waals surface area (Å²) < 4.78 is 10.8. The van der Waals surface area contributed by atoms with Crippen LogP contribution in [0.25, 0.3) is 0 Å². The van der Waals surface area contributed by atoms with Crippen molar-refractivity contribution in [1.29, 1.82) is 0 Å². The zero-order chi connectivity index (χ0) is 26.0. The zero-order valence-corrected chi connectivity index (χ0v) is 21.8. The van der Waals surface area contributed by atoms with Crippen molar-refractivity contribution in [2.75, 3.05) is 31.6 Å². The van der Waals surface area contributed by atoms with Gasteiger partial charge in [-0.3, -0.25) is 9.69 Å². The van der Waals surface area contributed by atoms with Crippen LogP contribution in [0.5, 0.6) is 5.75 Å². The predicted molar refractivity (Wildman–Crippen MR) is 144 cm³/mol. The molecule has 0 bridgehead atoms. The fraction of sp³-hybridized carbons (Fsp3) is 0.355. The van der Waals surface area contributed by atoms with Crippen LogP contribution in [0.15, 0.2) is 72.8 Å². The molecule has 3 aromatic rings. The van der Waals surface area contributed by atoms with Crippen molar-refractivity contribution in [3.8, 4) is 5.75 Å². The number of anilines is 1. The lowest BCUT2D eigenvalue weighted by Gasteiger charge is -2.40. The molecule has 0 saturated carbocycles. The SMILES string of the molecule is COC(=O)c1ccc(CN2CCC3(CC2)CN(C(=O)C(C)Oc2ccccc2)c2ccc(C)cc23)cc1. The molecule has 0 aliphatic carbocycles. The third kappa shape index (κ3) is 5.12. The van der Waals surface area contributed by atoms with E-state index in [-0.39, 0.29) is 17.3 Å². The topological polar surface area (TPSA) is 59.1 Å². The molecule has 1 unspecified atom stereocenters. The highest BCUT2D eigenvalue weighted by atomic mass is 16.5. The van der Waals surface area contributed by atoms with Gasteiger partial charge in [0.2, 0.25) is 0 Å². The van der Waals surface area contributed by atoms with Crippen LogP contribution in [0.2, 0.25) is 0 Å². The number of rotatable bonds is 6. The number of amides is 1. The Morgan fingerprint density at radius 1 is 0.973 bits per heavy atom. The lowest BCUT2D eigenvalue weighted by molar-refractivity contribution is -0.124. The summed E-state index contributed by atoms with van der Waals surface area (Å²) in [4.78, 5) is 29.7. The molecule has 1 fully saturated rings. The van der Waals surface area contributed by atoms with Gasteiger partial charge in [0.05, 0.1) is 12.7 Å². The van der Waals surface area contributed by atoms with Gasteiger partial charge in [0.25, 0.3) is 5.91 Å². The lowest BCUT2D eigenvalue weighted by Crippen LogP contribution is -2.47. The second-order valence-electron chi connectivity index (χ2n) is 10.3. The Hall–Kier alpha value is -3.64. The van der Waals surface area contributed by atoms with E-state index in [2.05, 4.69) is 30.0 Å². The number of methoxy groups -OCH3 is 1. The van der Waals surface area contributed by atoms with Gasteiger partial charge in [-0.25, -0.2) is 4.79 Å². The number of hydrogen-bond donors (Lipinski definition) is 0. The number of ether oxygens (including phenoxy) is 2. The highest BCUT2D eigenvalue weighted by molar-refractivity contribution is 5.99. The Bertz CT molecular complexity index is 1260. The number of carbonyl (C=O) groups excluding carboxylic acids is 2. The Morgan fingerprint density at radius 2 is 1.68 bits per heavy atom.